The third-order valence-electron chi connectivity index (χ3n) is 4.37. The highest BCUT2D eigenvalue weighted by molar-refractivity contribution is 5.97. The molecular formula is C18H21F3N2O7. The molecule has 0 aliphatic heterocycles. The Morgan fingerprint density at radius 2 is 1.50 bits per heavy atom. The number of nitrogens with two attached hydrogens (primary N) is 1. The van der Waals surface area contributed by atoms with Crippen LogP contribution in [0.3, 0.4) is 0 Å². The largest absolute Gasteiger partial charge is 0.468 e. The van der Waals surface area contributed by atoms with Crippen LogP contribution in [0.15, 0.2) is 24.3 Å². The predicted octanol–water partition coefficient (Wildman–Crippen LogP) is 0.307. The van der Waals surface area contributed by atoms with Gasteiger partial charge in [-0.1, -0.05) is 19.1 Å². The van der Waals surface area contributed by atoms with Gasteiger partial charge in [-0.05, 0) is 17.7 Å². The topological polar surface area (TPSA) is 145 Å². The van der Waals surface area contributed by atoms with E-state index >= 15 is 0 Å². The molecule has 0 saturated carbocycles. The Hall–Kier alpha value is -3.15. The zero-order valence-electron chi connectivity index (χ0n) is 16.2. The monoisotopic (exact) mass is 434 g/mol. The summed E-state index contributed by atoms with van der Waals surface area (Å²) >= 11 is 0. The van der Waals surface area contributed by atoms with Crippen molar-refractivity contribution in [3.63, 3.8) is 0 Å². The first-order valence-corrected chi connectivity index (χ1v) is 8.45. The zero-order chi connectivity index (χ0) is 23.2. The molecule has 0 radical (unpaired) electrons. The smallest absolute Gasteiger partial charge is 0.416 e. The number of carbonyl (C=O) groups is 4. The first-order valence-electron chi connectivity index (χ1n) is 8.45. The summed E-state index contributed by atoms with van der Waals surface area (Å²) < 4.78 is 46.9. The normalized spacial score (nSPS) is 14.4. The Morgan fingerprint density at radius 3 is 1.87 bits per heavy atom. The molecule has 0 saturated heterocycles. The van der Waals surface area contributed by atoms with Crippen LogP contribution in [-0.4, -0.2) is 49.1 Å². The van der Waals surface area contributed by atoms with Gasteiger partial charge in [0.2, 0.25) is 5.91 Å². The number of amides is 2. The maximum Gasteiger partial charge on any atom is 0.416 e. The third-order valence-corrected chi connectivity index (χ3v) is 4.37. The van der Waals surface area contributed by atoms with Crippen LogP contribution in [-0.2, 0) is 34.8 Å². The molecular weight excluding hydrogens is 413 g/mol. The number of halogens is 3. The molecule has 0 unspecified atom stereocenters. The molecule has 0 aliphatic rings. The fraction of sp³-hybridized carbons (Fsp3) is 0.444. The number of carbonyl (C=O) groups excluding carboxylic acids is 4. The molecule has 1 rings (SSSR count). The van der Waals surface area contributed by atoms with Crippen LogP contribution in [0.2, 0.25) is 0 Å². The number of esters is 2. The van der Waals surface area contributed by atoms with Gasteiger partial charge in [0.25, 0.3) is 5.91 Å². The van der Waals surface area contributed by atoms with Crippen molar-refractivity contribution < 1.29 is 46.9 Å². The second-order valence-corrected chi connectivity index (χ2v) is 6.29. The van der Waals surface area contributed by atoms with E-state index in [9.17, 15) is 37.5 Å². The van der Waals surface area contributed by atoms with Crippen LogP contribution in [0.4, 0.5) is 13.2 Å². The second-order valence-electron chi connectivity index (χ2n) is 6.29. The van der Waals surface area contributed by atoms with Crippen molar-refractivity contribution in [3.8, 4) is 0 Å². The van der Waals surface area contributed by atoms with Crippen LogP contribution in [0, 0.1) is 11.8 Å². The van der Waals surface area contributed by atoms with Gasteiger partial charge in [0, 0.05) is 5.92 Å². The number of benzene rings is 1. The number of alkyl halides is 3. The lowest BCUT2D eigenvalue weighted by Gasteiger charge is -2.27. The predicted molar refractivity (Wildman–Crippen MR) is 94.2 cm³/mol. The lowest BCUT2D eigenvalue weighted by Crippen LogP contribution is -2.53. The summed E-state index contributed by atoms with van der Waals surface area (Å²) in [6.45, 7) is 1.25. The van der Waals surface area contributed by atoms with Crippen molar-refractivity contribution in [2.75, 3.05) is 14.2 Å². The minimum Gasteiger partial charge on any atom is -0.468 e. The summed E-state index contributed by atoms with van der Waals surface area (Å²) in [7, 11) is 1.99. The first-order chi connectivity index (χ1) is 13.8. The summed E-state index contributed by atoms with van der Waals surface area (Å²) in [4.78, 5) is 47.9. The van der Waals surface area contributed by atoms with Gasteiger partial charge in [-0.3, -0.25) is 19.2 Å². The Kier molecular flexibility index (Phi) is 8.34. The van der Waals surface area contributed by atoms with E-state index < -0.39 is 59.5 Å². The summed E-state index contributed by atoms with van der Waals surface area (Å²) in [6, 6.07) is 1.52. The third kappa shape index (κ3) is 5.92. The molecule has 0 aliphatic carbocycles. The molecule has 30 heavy (non-hydrogen) atoms. The van der Waals surface area contributed by atoms with Crippen molar-refractivity contribution in [1.29, 1.82) is 0 Å². The van der Waals surface area contributed by atoms with Gasteiger partial charge < -0.3 is 25.6 Å². The van der Waals surface area contributed by atoms with E-state index in [0.29, 0.717) is 12.1 Å². The van der Waals surface area contributed by atoms with Crippen molar-refractivity contribution in [3.05, 3.63) is 35.4 Å². The summed E-state index contributed by atoms with van der Waals surface area (Å²) in [5.41, 5.74) is 4.08. The molecule has 3 atom stereocenters. The molecule has 0 bridgehead atoms. The van der Waals surface area contributed by atoms with Crippen LogP contribution in [0.25, 0.3) is 0 Å². The molecule has 0 heterocycles. The lowest BCUT2D eigenvalue weighted by molar-refractivity contribution is -0.162. The number of rotatable bonds is 8. The van der Waals surface area contributed by atoms with E-state index in [4.69, 9.17) is 5.73 Å². The van der Waals surface area contributed by atoms with Crippen molar-refractivity contribution in [1.82, 2.24) is 5.32 Å². The van der Waals surface area contributed by atoms with Crippen molar-refractivity contribution in [2.45, 2.75) is 25.2 Å². The average molecular weight is 434 g/mol. The Morgan fingerprint density at radius 1 is 1.03 bits per heavy atom. The SMILES string of the molecule is COC(=O)C(C(=O)OC)[C@@H](C)[C@@H](NC(=O)[C@@H](O)c1ccc(C(F)(F)F)cc1)C(N)=O. The highest BCUT2D eigenvalue weighted by Crippen LogP contribution is 2.30. The lowest BCUT2D eigenvalue weighted by atomic mass is 9.86. The number of methoxy groups -OCH3 is 2. The minimum atomic E-state index is -4.60. The molecule has 0 spiro atoms. The molecule has 1 aromatic carbocycles. The number of aliphatic hydroxyl groups is 1. The van der Waals surface area contributed by atoms with Crippen LogP contribution < -0.4 is 11.1 Å². The van der Waals surface area contributed by atoms with E-state index in [1.165, 1.54) is 6.92 Å². The first kappa shape index (κ1) is 24.9. The maximum atomic E-state index is 12.6. The van der Waals surface area contributed by atoms with E-state index in [0.717, 1.165) is 26.4 Å². The fourth-order valence-corrected chi connectivity index (χ4v) is 2.67. The van der Waals surface area contributed by atoms with Gasteiger partial charge in [0.15, 0.2) is 12.0 Å². The second kappa shape index (κ2) is 10.1. The summed E-state index contributed by atoms with van der Waals surface area (Å²) in [6.07, 6.45) is -6.55. The minimum absolute atomic E-state index is 0.186. The van der Waals surface area contributed by atoms with E-state index in [-0.39, 0.29) is 5.56 Å². The molecule has 2 amide bonds. The maximum absolute atomic E-state index is 12.6. The summed E-state index contributed by atoms with van der Waals surface area (Å²) in [5.74, 6) is -7.24. The quantitative estimate of drug-likeness (QED) is 0.394. The van der Waals surface area contributed by atoms with Gasteiger partial charge in [0.05, 0.1) is 19.8 Å². The average Bonchev–Trinajstić information content (AvgIpc) is 2.69. The Balaban J connectivity index is 3.06. The molecule has 4 N–H and O–H groups in total. The van der Waals surface area contributed by atoms with Crippen LogP contribution >= 0.6 is 0 Å². The van der Waals surface area contributed by atoms with Crippen molar-refractivity contribution in [2.24, 2.45) is 17.6 Å². The molecule has 1 aromatic rings. The van der Waals surface area contributed by atoms with Gasteiger partial charge in [-0.15, -0.1) is 0 Å². The Bertz CT molecular complexity index is 780. The van der Waals surface area contributed by atoms with Crippen LogP contribution in [0.5, 0.6) is 0 Å². The molecule has 166 valence electrons. The number of hydrogen-bond acceptors (Lipinski definition) is 7. The number of aliphatic hydroxyl groups excluding tert-OH is 1. The summed E-state index contributed by atoms with van der Waals surface area (Å²) in [5, 5.41) is 12.2. The highest BCUT2D eigenvalue weighted by Gasteiger charge is 2.42. The van der Waals surface area contributed by atoms with Crippen LogP contribution in [0.1, 0.15) is 24.2 Å². The standard InChI is InChI=1S/C18H21F3N2O7/c1-8(11(16(27)29-2)17(28)30-3)12(14(22)25)23-15(26)13(24)9-4-6-10(7-5-9)18(19,20)21/h4-8,11-13,24H,1-3H3,(H2,22,25)(H,23,26)/t8-,12-,13+/m1/s1. The number of nitrogens with one attached hydrogen (secondary N) is 1. The molecule has 0 fully saturated rings. The molecule has 0 aromatic heterocycles. The van der Waals surface area contributed by atoms with Crippen molar-refractivity contribution >= 4 is 23.8 Å². The fourth-order valence-electron chi connectivity index (χ4n) is 2.67. The van der Waals surface area contributed by atoms with E-state index in [2.05, 4.69) is 14.8 Å². The number of primary amides is 1. The van der Waals surface area contributed by atoms with Gasteiger partial charge in [-0.2, -0.15) is 13.2 Å². The molecule has 9 nitrogen and oxygen atoms in total. The van der Waals surface area contributed by atoms with E-state index in [1.807, 2.05) is 0 Å². The number of hydrogen-bond donors (Lipinski definition) is 3. The molecule has 12 heteroatoms. The van der Waals surface area contributed by atoms with Gasteiger partial charge in [0.1, 0.15) is 6.04 Å². The Labute approximate surface area is 169 Å². The van der Waals surface area contributed by atoms with Gasteiger partial charge in [-0.25, -0.2) is 0 Å². The van der Waals surface area contributed by atoms with Gasteiger partial charge >= 0.3 is 18.1 Å². The van der Waals surface area contributed by atoms with E-state index in [1.54, 1.807) is 0 Å². The zero-order valence-corrected chi connectivity index (χ0v) is 16.2. The number of ether oxygens (including phenoxy) is 2. The highest BCUT2D eigenvalue weighted by atomic mass is 19.4.